The molecule has 0 bridgehead atoms. The fraction of sp³-hybridized carbons (Fsp3) is 0.333. The summed E-state index contributed by atoms with van der Waals surface area (Å²) in [7, 11) is 3.89. The van der Waals surface area contributed by atoms with Gasteiger partial charge in [-0.2, -0.15) is 0 Å². The molecule has 0 radical (unpaired) electrons. The van der Waals surface area contributed by atoms with Gasteiger partial charge in [-0.15, -0.1) is 0 Å². The Bertz CT molecular complexity index is 830. The second kappa shape index (κ2) is 7.60. The van der Waals surface area contributed by atoms with Crippen molar-refractivity contribution in [3.63, 3.8) is 0 Å². The maximum atomic E-state index is 12.5. The van der Waals surface area contributed by atoms with Crippen molar-refractivity contribution in [2.24, 2.45) is 0 Å². The van der Waals surface area contributed by atoms with E-state index >= 15 is 0 Å². The molecule has 0 aliphatic carbocycles. The van der Waals surface area contributed by atoms with Crippen molar-refractivity contribution >= 4 is 28.9 Å². The zero-order valence-corrected chi connectivity index (χ0v) is 15.6. The standard InChI is InChI=1S/C21H25N3O2/c1-15-13-17(10-11-19(15)24-12-5-4-9-20(24)25)22-21(26)16-7-6-8-18(14-16)23(2)3/h6-8,10-11,13-14H,4-5,9,12H2,1-3H3,(H,22,26). The smallest absolute Gasteiger partial charge is 0.255 e. The number of benzene rings is 2. The van der Waals surface area contributed by atoms with E-state index in [1.807, 2.05) is 67.2 Å². The maximum absolute atomic E-state index is 12.5. The highest BCUT2D eigenvalue weighted by molar-refractivity contribution is 6.05. The van der Waals surface area contributed by atoms with E-state index in [2.05, 4.69) is 5.32 Å². The van der Waals surface area contributed by atoms with Gasteiger partial charge < -0.3 is 15.1 Å². The third-order valence-corrected chi connectivity index (χ3v) is 4.69. The normalized spacial score (nSPS) is 14.3. The Morgan fingerprint density at radius 1 is 1.12 bits per heavy atom. The van der Waals surface area contributed by atoms with Crippen LogP contribution >= 0.6 is 0 Å². The van der Waals surface area contributed by atoms with E-state index < -0.39 is 0 Å². The lowest BCUT2D eigenvalue weighted by atomic mass is 10.1. The van der Waals surface area contributed by atoms with Gasteiger partial charge in [-0.05, 0) is 61.7 Å². The molecular formula is C21H25N3O2. The topological polar surface area (TPSA) is 52.7 Å². The first-order chi connectivity index (χ1) is 12.5. The summed E-state index contributed by atoms with van der Waals surface area (Å²) in [6, 6.07) is 13.2. The molecule has 5 nitrogen and oxygen atoms in total. The first-order valence-electron chi connectivity index (χ1n) is 8.95. The fourth-order valence-electron chi connectivity index (χ4n) is 3.23. The van der Waals surface area contributed by atoms with E-state index in [1.165, 1.54) is 0 Å². The number of amides is 2. The van der Waals surface area contributed by atoms with Crippen LogP contribution in [0.5, 0.6) is 0 Å². The highest BCUT2D eigenvalue weighted by Gasteiger charge is 2.21. The van der Waals surface area contributed by atoms with E-state index in [-0.39, 0.29) is 11.8 Å². The molecule has 0 atom stereocenters. The molecule has 26 heavy (non-hydrogen) atoms. The van der Waals surface area contributed by atoms with Crippen LogP contribution < -0.4 is 15.1 Å². The molecule has 0 spiro atoms. The summed E-state index contributed by atoms with van der Waals surface area (Å²) in [5.41, 5.74) is 4.25. The number of hydrogen-bond acceptors (Lipinski definition) is 3. The number of carbonyl (C=O) groups is 2. The van der Waals surface area contributed by atoms with Crippen LogP contribution in [-0.4, -0.2) is 32.5 Å². The highest BCUT2D eigenvalue weighted by Crippen LogP contribution is 2.27. The number of nitrogens with one attached hydrogen (secondary N) is 1. The molecule has 2 aromatic rings. The Labute approximate surface area is 154 Å². The predicted octanol–water partition coefficient (Wildman–Crippen LogP) is 3.83. The quantitative estimate of drug-likeness (QED) is 0.911. The summed E-state index contributed by atoms with van der Waals surface area (Å²) in [6.07, 6.45) is 2.61. The Kier molecular flexibility index (Phi) is 5.26. The number of rotatable bonds is 4. The van der Waals surface area contributed by atoms with Crippen molar-refractivity contribution < 1.29 is 9.59 Å². The lowest BCUT2D eigenvalue weighted by molar-refractivity contribution is -0.119. The van der Waals surface area contributed by atoms with E-state index in [1.54, 1.807) is 6.07 Å². The van der Waals surface area contributed by atoms with Gasteiger partial charge in [0.05, 0.1) is 0 Å². The van der Waals surface area contributed by atoms with Gasteiger partial charge in [0.15, 0.2) is 0 Å². The van der Waals surface area contributed by atoms with Crippen LogP contribution in [0.15, 0.2) is 42.5 Å². The molecule has 2 amide bonds. The molecular weight excluding hydrogens is 326 g/mol. The molecule has 1 N–H and O–H groups in total. The van der Waals surface area contributed by atoms with Crippen molar-refractivity contribution in [3.05, 3.63) is 53.6 Å². The first-order valence-corrected chi connectivity index (χ1v) is 8.95. The van der Waals surface area contributed by atoms with Crippen LogP contribution in [0.25, 0.3) is 0 Å². The Morgan fingerprint density at radius 3 is 2.62 bits per heavy atom. The molecule has 1 saturated heterocycles. The summed E-state index contributed by atoms with van der Waals surface area (Å²) in [5.74, 6) is 0.0338. The van der Waals surface area contributed by atoms with Gasteiger partial charge in [0.1, 0.15) is 0 Å². The van der Waals surface area contributed by atoms with E-state index in [0.717, 1.165) is 42.0 Å². The summed E-state index contributed by atoms with van der Waals surface area (Å²) < 4.78 is 0. The number of anilines is 3. The summed E-state index contributed by atoms with van der Waals surface area (Å²) in [6.45, 7) is 2.74. The van der Waals surface area contributed by atoms with Crippen molar-refractivity contribution in [1.29, 1.82) is 0 Å². The number of nitrogens with zero attached hydrogens (tertiary/aromatic N) is 2. The fourth-order valence-corrected chi connectivity index (χ4v) is 3.23. The molecule has 1 heterocycles. The second-order valence-corrected chi connectivity index (χ2v) is 6.90. The van der Waals surface area contributed by atoms with Crippen LogP contribution in [0, 0.1) is 6.92 Å². The third kappa shape index (κ3) is 3.87. The lowest BCUT2D eigenvalue weighted by Crippen LogP contribution is -2.35. The minimum atomic E-state index is -0.144. The molecule has 1 aliphatic rings. The van der Waals surface area contributed by atoms with Gasteiger partial charge in [-0.1, -0.05) is 6.07 Å². The van der Waals surface area contributed by atoms with Crippen LogP contribution in [0.1, 0.15) is 35.2 Å². The molecule has 1 fully saturated rings. The van der Waals surface area contributed by atoms with E-state index in [0.29, 0.717) is 12.0 Å². The summed E-state index contributed by atoms with van der Waals surface area (Å²) in [5, 5.41) is 2.95. The zero-order valence-electron chi connectivity index (χ0n) is 15.6. The maximum Gasteiger partial charge on any atom is 0.255 e. The average molecular weight is 351 g/mol. The van der Waals surface area contributed by atoms with Crippen LogP contribution in [0.3, 0.4) is 0 Å². The molecule has 5 heteroatoms. The monoisotopic (exact) mass is 351 g/mol. The van der Waals surface area contributed by atoms with E-state index in [4.69, 9.17) is 0 Å². The average Bonchev–Trinajstić information content (AvgIpc) is 2.63. The van der Waals surface area contributed by atoms with Crippen molar-refractivity contribution in [1.82, 2.24) is 0 Å². The highest BCUT2D eigenvalue weighted by atomic mass is 16.2. The van der Waals surface area contributed by atoms with Gasteiger partial charge in [0.2, 0.25) is 5.91 Å². The largest absolute Gasteiger partial charge is 0.378 e. The van der Waals surface area contributed by atoms with Crippen molar-refractivity contribution in [3.8, 4) is 0 Å². The van der Waals surface area contributed by atoms with Crippen molar-refractivity contribution in [2.45, 2.75) is 26.2 Å². The molecule has 136 valence electrons. The molecule has 0 unspecified atom stereocenters. The van der Waals surface area contributed by atoms with Gasteiger partial charge in [0.25, 0.3) is 5.91 Å². The minimum Gasteiger partial charge on any atom is -0.378 e. The predicted molar refractivity (Wildman–Crippen MR) is 106 cm³/mol. The summed E-state index contributed by atoms with van der Waals surface area (Å²) in [4.78, 5) is 28.5. The van der Waals surface area contributed by atoms with Crippen LogP contribution in [-0.2, 0) is 4.79 Å². The second-order valence-electron chi connectivity index (χ2n) is 6.90. The third-order valence-electron chi connectivity index (χ3n) is 4.69. The molecule has 3 rings (SSSR count). The van der Waals surface area contributed by atoms with Gasteiger partial charge in [0, 0.05) is 49.7 Å². The number of aryl methyl sites for hydroxylation is 1. The van der Waals surface area contributed by atoms with Gasteiger partial charge in [-0.25, -0.2) is 0 Å². The first kappa shape index (κ1) is 18.0. The number of carbonyl (C=O) groups excluding carboxylic acids is 2. The Balaban J connectivity index is 1.76. The minimum absolute atomic E-state index is 0.144. The van der Waals surface area contributed by atoms with E-state index in [9.17, 15) is 9.59 Å². The lowest BCUT2D eigenvalue weighted by Gasteiger charge is -2.28. The van der Waals surface area contributed by atoms with Gasteiger partial charge in [-0.3, -0.25) is 9.59 Å². The van der Waals surface area contributed by atoms with Crippen LogP contribution in [0.2, 0.25) is 0 Å². The number of hydrogen-bond donors (Lipinski definition) is 1. The zero-order chi connectivity index (χ0) is 18.7. The van der Waals surface area contributed by atoms with Crippen LogP contribution in [0.4, 0.5) is 17.1 Å². The SMILES string of the molecule is Cc1cc(NC(=O)c2cccc(N(C)C)c2)ccc1N1CCCCC1=O. The molecule has 0 saturated carbocycles. The van der Waals surface area contributed by atoms with Crippen molar-refractivity contribution in [2.75, 3.05) is 35.8 Å². The molecule has 1 aliphatic heterocycles. The Morgan fingerprint density at radius 2 is 1.92 bits per heavy atom. The molecule has 2 aromatic carbocycles. The number of piperidine rings is 1. The Hall–Kier alpha value is -2.82. The van der Waals surface area contributed by atoms with Gasteiger partial charge >= 0.3 is 0 Å². The molecule has 0 aromatic heterocycles. The summed E-state index contributed by atoms with van der Waals surface area (Å²) >= 11 is 0.